The lowest BCUT2D eigenvalue weighted by molar-refractivity contribution is -0.817. The molecular weight excluding hydrogens is 131 g/mol. The highest BCUT2D eigenvalue weighted by atomic mass is 16.5. The number of nitrogens with zero attached hydrogens (tertiary/aromatic N) is 1. The summed E-state index contributed by atoms with van der Waals surface area (Å²) in [5, 5.41) is 0. The topological polar surface area (TPSA) is 26.3 Å². The van der Waals surface area contributed by atoms with Crippen LogP contribution in [0.4, 0.5) is 0 Å². The summed E-state index contributed by atoms with van der Waals surface area (Å²) in [6, 6.07) is 0. The van der Waals surface area contributed by atoms with E-state index in [1.807, 2.05) is 0 Å². The van der Waals surface area contributed by atoms with Crippen LogP contribution in [0.3, 0.4) is 0 Å². The van der Waals surface area contributed by atoms with Crippen LogP contribution in [-0.2, 0) is 9.53 Å². The van der Waals surface area contributed by atoms with Crippen molar-refractivity contribution in [1.82, 2.24) is 0 Å². The summed E-state index contributed by atoms with van der Waals surface area (Å²) in [4.78, 5) is 10.7. The van der Waals surface area contributed by atoms with E-state index < -0.39 is 43.8 Å². The fraction of sp³-hybridized carbons (Fsp3) is 0.571. The Hall–Kier alpha value is -0.830. The zero-order valence-electron chi connectivity index (χ0n) is 16.3. The van der Waals surface area contributed by atoms with Crippen molar-refractivity contribution in [2.45, 2.75) is 6.92 Å². The molecule has 0 heterocycles. The Balaban J connectivity index is 6.65. The third kappa shape index (κ3) is 7.17. The van der Waals surface area contributed by atoms with Gasteiger partial charge in [-0.2, -0.15) is 0 Å². The van der Waals surface area contributed by atoms with E-state index in [4.69, 9.17) is 15.1 Å². The first-order valence-electron chi connectivity index (χ1n) is 7.76. The zero-order chi connectivity index (χ0) is 17.4. The van der Waals surface area contributed by atoms with Crippen LogP contribution in [0.15, 0.2) is 12.4 Å². The Morgan fingerprint density at radius 1 is 1.70 bits per heavy atom. The van der Waals surface area contributed by atoms with Gasteiger partial charge in [0, 0.05) is 6.92 Å². The zero-order valence-corrected chi connectivity index (χ0v) is 5.26. The van der Waals surface area contributed by atoms with Crippen LogP contribution < -0.4 is 0 Å². The normalized spacial score (nSPS) is 33.9. The smallest absolute Gasteiger partial charge is 0.307 e. The van der Waals surface area contributed by atoms with Crippen LogP contribution in [0.25, 0.3) is 0 Å². The van der Waals surface area contributed by atoms with Gasteiger partial charge in [-0.15, -0.1) is 0 Å². The number of carbonyl (C=O) groups excluding carboxylic acids is 1. The lowest BCUT2D eigenvalue weighted by Gasteiger charge is -2.16. The molecule has 0 rings (SSSR count). The number of hydrogen-bond acceptors (Lipinski definition) is 2. The summed E-state index contributed by atoms with van der Waals surface area (Å²) in [6.45, 7) is -10.3. The molecule has 0 bridgehead atoms. The molecule has 0 fully saturated rings. The van der Waals surface area contributed by atoms with Gasteiger partial charge in [-0.3, -0.25) is 4.79 Å². The van der Waals surface area contributed by atoms with Crippen LogP contribution >= 0.6 is 0 Å². The number of esters is 1. The highest BCUT2D eigenvalue weighted by Crippen LogP contribution is 1.91. The van der Waals surface area contributed by atoms with E-state index >= 15 is 0 Å². The monoisotopic (exact) mass is 156 g/mol. The quantitative estimate of drug-likeness (QED) is 0.255. The first kappa shape index (κ1) is 1.67. The highest BCUT2D eigenvalue weighted by Gasteiger charge is 1.99. The fourth-order valence-corrected chi connectivity index (χ4v) is 0.163. The second-order valence-electron chi connectivity index (χ2n) is 1.48. The Kier molecular flexibility index (Phi) is 0.561. The van der Waals surface area contributed by atoms with Gasteiger partial charge in [0.05, 0.1) is 33.3 Å². The molecule has 0 aliphatic heterocycles. The molecule has 0 saturated heterocycles. The molecule has 10 heavy (non-hydrogen) atoms. The van der Waals surface area contributed by atoms with Crippen molar-refractivity contribution < 1.29 is 29.1 Å². The van der Waals surface area contributed by atoms with Crippen molar-refractivity contribution >= 4 is 5.97 Å². The maximum atomic E-state index is 10.7. The van der Waals surface area contributed by atoms with Gasteiger partial charge < -0.3 is 9.22 Å². The molecule has 0 aromatic rings. The van der Waals surface area contributed by atoms with E-state index in [-0.39, 0.29) is 0 Å². The summed E-state index contributed by atoms with van der Waals surface area (Å²) in [5.41, 5.74) is 0. The molecule has 0 unspecified atom stereocenters. The first-order valence-corrected chi connectivity index (χ1v) is 2.26. The fourth-order valence-electron chi connectivity index (χ4n) is 0.163. The van der Waals surface area contributed by atoms with E-state index in [0.717, 1.165) is 6.92 Å². The SMILES string of the molecule is [2H]/C(OC(C)=O)=C(/[2H])[15N+](C([2H])([2H])[2H])(C([2H])([2H])[2H])C([2H])([2H])[2H]. The number of ether oxygens (including phenoxy) is 1. The first-order chi connectivity index (χ1) is 9.00. The molecule has 0 aliphatic carbocycles. The maximum absolute atomic E-state index is 10.7. The molecule has 0 amide bonds. The summed E-state index contributed by atoms with van der Waals surface area (Å²) in [5.74, 6) is -1.12. The predicted molar refractivity (Wildman–Crippen MR) is 38.9 cm³/mol. The van der Waals surface area contributed by atoms with E-state index in [2.05, 4.69) is 4.74 Å². The third-order valence-electron chi connectivity index (χ3n) is 0.408. The lowest BCUT2D eigenvalue weighted by Crippen LogP contribution is -2.26. The van der Waals surface area contributed by atoms with Crippen LogP contribution in [0.2, 0.25) is 0 Å². The highest BCUT2D eigenvalue weighted by molar-refractivity contribution is 5.66. The van der Waals surface area contributed by atoms with Gasteiger partial charge in [0.1, 0.15) is 15.2 Å². The maximum Gasteiger partial charge on any atom is 0.307 e. The largest absolute Gasteiger partial charge is 0.429 e. The molecule has 0 aliphatic rings. The third-order valence-corrected chi connectivity index (χ3v) is 0.408. The standard InChI is InChI=1S/C7H14NO2/c1-7(9)10-6-5-8(2,3)4/h5-6H,1-4H3/q+1/b6-5+/i2D3,3D3,4D3,5D,6D,8+1. The van der Waals surface area contributed by atoms with Crippen molar-refractivity contribution in [3.63, 3.8) is 0 Å². The van der Waals surface area contributed by atoms with Crippen molar-refractivity contribution in [2.24, 2.45) is 0 Å². The molecule has 3 heteroatoms. The molecular formula is C7H14NO2+. The summed E-state index contributed by atoms with van der Waals surface area (Å²) < 4.78 is 81.6. The lowest BCUT2D eigenvalue weighted by atomic mass is 10.8. The van der Waals surface area contributed by atoms with E-state index in [1.54, 1.807) is 0 Å². The second-order valence-corrected chi connectivity index (χ2v) is 1.48. The molecule has 58 valence electrons. The van der Waals surface area contributed by atoms with Crippen molar-refractivity contribution in [1.29, 1.82) is 0 Å². The van der Waals surface area contributed by atoms with E-state index in [9.17, 15) is 4.79 Å². The average Bonchev–Trinajstić information content (AvgIpc) is 2.08. The van der Waals surface area contributed by atoms with Gasteiger partial charge in [0.15, 0.2) is 0 Å². The van der Waals surface area contributed by atoms with Gasteiger partial charge >= 0.3 is 5.97 Å². The van der Waals surface area contributed by atoms with Crippen molar-refractivity contribution in [3.05, 3.63) is 12.4 Å². The Labute approximate surface area is 76.9 Å². The number of carbonyl (C=O) groups is 1. The molecule has 0 atom stereocenters. The van der Waals surface area contributed by atoms with Crippen LogP contribution in [-0.4, -0.2) is 31.4 Å². The minimum absolute atomic E-state index is 0.830. The molecule has 0 saturated carbocycles. The molecule has 0 aromatic carbocycles. The molecule has 0 N–H and O–H groups in total. The van der Waals surface area contributed by atoms with E-state index in [1.165, 1.54) is 0 Å². The summed E-state index contributed by atoms with van der Waals surface area (Å²) in [6.07, 6.45) is -3.11. The molecule has 0 aromatic heterocycles. The van der Waals surface area contributed by atoms with Gasteiger partial charge in [-0.25, -0.2) is 0 Å². The van der Waals surface area contributed by atoms with Crippen LogP contribution in [0.5, 0.6) is 0 Å². The minimum atomic E-state index is -3.72. The summed E-state index contributed by atoms with van der Waals surface area (Å²) >= 11 is 0. The Morgan fingerprint density at radius 3 is 2.70 bits per heavy atom. The molecule has 3 nitrogen and oxygen atoms in total. The summed E-state index contributed by atoms with van der Waals surface area (Å²) in [7, 11) is 0. The van der Waals surface area contributed by atoms with E-state index in [0.29, 0.717) is 0 Å². The molecule has 0 radical (unpaired) electrons. The van der Waals surface area contributed by atoms with Crippen LogP contribution in [0, 0.1) is 0 Å². The van der Waals surface area contributed by atoms with Gasteiger partial charge in [0.2, 0.25) is 0 Å². The minimum Gasteiger partial charge on any atom is -0.429 e. The Bertz CT molecular complexity index is 407. The average molecular weight is 156 g/mol. The van der Waals surface area contributed by atoms with Gasteiger partial charge in [0.25, 0.3) is 0 Å². The Morgan fingerprint density at radius 2 is 2.30 bits per heavy atom. The van der Waals surface area contributed by atoms with Crippen molar-refractivity contribution in [2.75, 3.05) is 20.9 Å². The van der Waals surface area contributed by atoms with Gasteiger partial charge in [-0.1, -0.05) is 0 Å². The number of hydrogen-bond donors (Lipinski definition) is 0. The second kappa shape index (κ2) is 3.37. The van der Waals surface area contributed by atoms with Crippen LogP contribution in [0.1, 0.15) is 22.0 Å². The number of rotatable bonds is 2. The molecule has 0 spiro atoms. The number of quaternary nitrogens is 1. The van der Waals surface area contributed by atoms with Crippen molar-refractivity contribution in [3.8, 4) is 0 Å². The predicted octanol–water partition coefficient (Wildman–Crippen LogP) is 0.727. The van der Waals surface area contributed by atoms with Gasteiger partial charge in [-0.05, 0) is 0 Å².